The van der Waals surface area contributed by atoms with Gasteiger partial charge in [0.05, 0.1) is 12.0 Å². The molecule has 16 heavy (non-hydrogen) atoms. The molecule has 0 N–H and O–H groups in total. The highest BCUT2D eigenvalue weighted by Gasteiger charge is 2.68. The molecule has 2 atom stereocenters. The first kappa shape index (κ1) is 10.9. The summed E-state index contributed by atoms with van der Waals surface area (Å²) in [6, 6.07) is 7.14. The normalized spacial score (nSPS) is 27.5. The second-order valence-electron chi connectivity index (χ2n) is 3.73. The van der Waals surface area contributed by atoms with Gasteiger partial charge in [-0.3, -0.25) is 14.9 Å². The molecule has 1 aromatic carbocycles. The summed E-state index contributed by atoms with van der Waals surface area (Å²) in [6.07, 6.45) is -0.0603. The molecule has 1 aromatic rings. The summed E-state index contributed by atoms with van der Waals surface area (Å²) < 4.78 is 10.3. The van der Waals surface area contributed by atoms with Crippen molar-refractivity contribution in [3.05, 3.63) is 39.9 Å². The average Bonchev–Trinajstić information content (AvgIpc) is 3.05. The van der Waals surface area contributed by atoms with Gasteiger partial charge in [-0.05, 0) is 17.7 Å². The van der Waals surface area contributed by atoms with Crippen LogP contribution in [0.1, 0.15) is 25.0 Å². The molecule has 5 nitrogen and oxygen atoms in total. The first-order valence-corrected chi connectivity index (χ1v) is 5.10. The fourth-order valence-electron chi connectivity index (χ4n) is 1.81. The standard InChI is InChI=1S/C11H13NO4/c1-3-11(12(13)14)10(16-11)8-4-6-9(15-2)7-5-8/h4-7,10H,3H2,1-2H3. The monoisotopic (exact) mass is 223 g/mol. The third kappa shape index (κ3) is 1.53. The van der Waals surface area contributed by atoms with E-state index in [1.165, 1.54) is 0 Å². The maximum absolute atomic E-state index is 10.9. The Morgan fingerprint density at radius 3 is 2.50 bits per heavy atom. The maximum Gasteiger partial charge on any atom is 0.356 e. The van der Waals surface area contributed by atoms with E-state index < -0.39 is 11.8 Å². The Labute approximate surface area is 93.1 Å². The third-order valence-electron chi connectivity index (χ3n) is 2.91. The molecule has 0 aliphatic carbocycles. The summed E-state index contributed by atoms with van der Waals surface area (Å²) in [7, 11) is 1.58. The van der Waals surface area contributed by atoms with E-state index in [1.807, 2.05) is 0 Å². The Hall–Kier alpha value is -1.62. The van der Waals surface area contributed by atoms with Crippen LogP contribution in [0.4, 0.5) is 0 Å². The van der Waals surface area contributed by atoms with E-state index >= 15 is 0 Å². The van der Waals surface area contributed by atoms with Gasteiger partial charge in [-0.2, -0.15) is 0 Å². The zero-order valence-electron chi connectivity index (χ0n) is 9.17. The zero-order valence-corrected chi connectivity index (χ0v) is 9.17. The van der Waals surface area contributed by atoms with E-state index in [4.69, 9.17) is 9.47 Å². The topological polar surface area (TPSA) is 64.9 Å². The lowest BCUT2D eigenvalue weighted by molar-refractivity contribution is -0.564. The highest BCUT2D eigenvalue weighted by molar-refractivity contribution is 5.31. The molecule has 0 aromatic heterocycles. The van der Waals surface area contributed by atoms with Crippen LogP contribution in [0.15, 0.2) is 24.3 Å². The molecule has 1 heterocycles. The van der Waals surface area contributed by atoms with Gasteiger partial charge >= 0.3 is 5.72 Å². The summed E-state index contributed by atoms with van der Waals surface area (Å²) in [5, 5.41) is 10.9. The van der Waals surface area contributed by atoms with Gasteiger partial charge in [0.2, 0.25) is 0 Å². The van der Waals surface area contributed by atoms with Crippen LogP contribution in [0, 0.1) is 10.1 Å². The number of benzene rings is 1. The molecule has 0 amide bonds. The molecule has 1 aliphatic rings. The van der Waals surface area contributed by atoms with Crippen LogP contribution in [0.25, 0.3) is 0 Å². The van der Waals surface area contributed by atoms with E-state index in [1.54, 1.807) is 38.3 Å². The van der Waals surface area contributed by atoms with Crippen LogP contribution in [0.3, 0.4) is 0 Å². The highest BCUT2D eigenvalue weighted by Crippen LogP contribution is 2.52. The average molecular weight is 223 g/mol. The number of rotatable bonds is 4. The van der Waals surface area contributed by atoms with E-state index in [9.17, 15) is 10.1 Å². The molecule has 1 aliphatic heterocycles. The minimum Gasteiger partial charge on any atom is -0.497 e. The van der Waals surface area contributed by atoms with Gasteiger partial charge < -0.3 is 4.74 Å². The van der Waals surface area contributed by atoms with Crippen molar-refractivity contribution in [3.8, 4) is 5.75 Å². The smallest absolute Gasteiger partial charge is 0.356 e. The van der Waals surface area contributed by atoms with Crippen LogP contribution in [-0.4, -0.2) is 17.8 Å². The Bertz CT molecular complexity index is 403. The van der Waals surface area contributed by atoms with Crippen LogP contribution in [-0.2, 0) is 4.74 Å². The quantitative estimate of drug-likeness (QED) is 0.445. The summed E-state index contributed by atoms with van der Waals surface area (Å²) in [4.78, 5) is 10.5. The van der Waals surface area contributed by atoms with Crippen molar-refractivity contribution >= 4 is 0 Å². The van der Waals surface area contributed by atoms with Gasteiger partial charge in [0.25, 0.3) is 0 Å². The van der Waals surface area contributed by atoms with Gasteiger partial charge in [0, 0.05) is 6.42 Å². The zero-order chi connectivity index (χ0) is 11.8. The number of hydrogen-bond acceptors (Lipinski definition) is 4. The Morgan fingerprint density at radius 1 is 1.50 bits per heavy atom. The van der Waals surface area contributed by atoms with Crippen molar-refractivity contribution in [3.63, 3.8) is 0 Å². The molecule has 1 saturated heterocycles. The summed E-state index contributed by atoms with van der Waals surface area (Å²) in [5.41, 5.74) is -0.395. The van der Waals surface area contributed by atoms with Gasteiger partial charge in [-0.15, -0.1) is 0 Å². The van der Waals surface area contributed by atoms with Crippen LogP contribution in [0.2, 0.25) is 0 Å². The molecule has 1 fully saturated rings. The molecular weight excluding hydrogens is 210 g/mol. The van der Waals surface area contributed by atoms with E-state index in [2.05, 4.69) is 0 Å². The van der Waals surface area contributed by atoms with E-state index in [0.29, 0.717) is 6.42 Å². The van der Waals surface area contributed by atoms with Crippen molar-refractivity contribution in [2.45, 2.75) is 25.2 Å². The second kappa shape index (κ2) is 3.75. The third-order valence-corrected chi connectivity index (χ3v) is 2.91. The lowest BCUT2D eigenvalue weighted by atomic mass is 10.0. The van der Waals surface area contributed by atoms with Gasteiger partial charge in [0.1, 0.15) is 5.75 Å². The molecule has 5 heteroatoms. The fraction of sp³-hybridized carbons (Fsp3) is 0.455. The number of hydrogen-bond donors (Lipinski definition) is 0. The summed E-state index contributed by atoms with van der Waals surface area (Å²) >= 11 is 0. The summed E-state index contributed by atoms with van der Waals surface area (Å²) in [5.74, 6) is 0.729. The molecule has 86 valence electrons. The predicted octanol–water partition coefficient (Wildman–Crippen LogP) is 2.15. The molecule has 0 spiro atoms. The van der Waals surface area contributed by atoms with Gasteiger partial charge in [-0.25, -0.2) is 0 Å². The first-order valence-electron chi connectivity index (χ1n) is 5.10. The van der Waals surface area contributed by atoms with Crippen LogP contribution < -0.4 is 4.74 Å². The van der Waals surface area contributed by atoms with E-state index in [-0.39, 0.29) is 4.92 Å². The van der Waals surface area contributed by atoms with Crippen molar-refractivity contribution in [1.82, 2.24) is 0 Å². The number of ether oxygens (including phenoxy) is 2. The highest BCUT2D eigenvalue weighted by atomic mass is 16.7. The number of nitrogens with zero attached hydrogens (tertiary/aromatic N) is 1. The van der Waals surface area contributed by atoms with Crippen LogP contribution in [0.5, 0.6) is 5.75 Å². The molecular formula is C11H13NO4. The minimum absolute atomic E-state index is 0.345. The largest absolute Gasteiger partial charge is 0.497 e. The first-order chi connectivity index (χ1) is 7.64. The van der Waals surface area contributed by atoms with Crippen molar-refractivity contribution in [2.75, 3.05) is 7.11 Å². The molecule has 0 radical (unpaired) electrons. The summed E-state index contributed by atoms with van der Waals surface area (Å²) in [6.45, 7) is 1.76. The van der Waals surface area contributed by atoms with E-state index in [0.717, 1.165) is 11.3 Å². The van der Waals surface area contributed by atoms with Gasteiger partial charge in [0.15, 0.2) is 6.10 Å². The lowest BCUT2D eigenvalue weighted by Gasteiger charge is -2.02. The SMILES string of the molecule is CCC1([N+](=O)[O-])OC1c1ccc(OC)cc1. The molecule has 0 saturated carbocycles. The Morgan fingerprint density at radius 2 is 2.12 bits per heavy atom. The maximum atomic E-state index is 10.9. The fourth-order valence-corrected chi connectivity index (χ4v) is 1.81. The number of nitro groups is 1. The Kier molecular flexibility index (Phi) is 2.55. The van der Waals surface area contributed by atoms with Crippen molar-refractivity contribution in [2.24, 2.45) is 0 Å². The Balaban J connectivity index is 2.18. The lowest BCUT2D eigenvalue weighted by Crippen LogP contribution is -2.22. The molecule has 2 unspecified atom stereocenters. The molecule has 0 bridgehead atoms. The van der Waals surface area contributed by atoms with Crippen LogP contribution >= 0.6 is 0 Å². The second-order valence-corrected chi connectivity index (χ2v) is 3.73. The number of methoxy groups -OCH3 is 1. The van der Waals surface area contributed by atoms with Gasteiger partial charge in [-0.1, -0.05) is 19.1 Å². The number of epoxide rings is 1. The minimum atomic E-state index is -1.21. The predicted molar refractivity (Wildman–Crippen MR) is 56.8 cm³/mol. The van der Waals surface area contributed by atoms with Crippen molar-refractivity contribution < 1.29 is 14.4 Å². The van der Waals surface area contributed by atoms with Crippen molar-refractivity contribution in [1.29, 1.82) is 0 Å². The molecule has 2 rings (SSSR count).